The van der Waals surface area contributed by atoms with Crippen LogP contribution in [0, 0.1) is 0 Å². The Morgan fingerprint density at radius 2 is 1.95 bits per heavy atom. The van der Waals surface area contributed by atoms with Gasteiger partial charge in [0, 0.05) is 11.9 Å². The summed E-state index contributed by atoms with van der Waals surface area (Å²) < 4.78 is 0. The lowest BCUT2D eigenvalue weighted by molar-refractivity contribution is -0.124. The molecule has 6 nitrogen and oxygen atoms in total. The fraction of sp³-hybridized carbons (Fsp3) is 0.250. The van der Waals surface area contributed by atoms with Crippen molar-refractivity contribution in [2.75, 3.05) is 5.32 Å². The van der Waals surface area contributed by atoms with Crippen LogP contribution < -0.4 is 10.6 Å². The van der Waals surface area contributed by atoms with Gasteiger partial charge in [-0.1, -0.05) is 11.6 Å². The largest absolute Gasteiger partial charge is 0.478 e. The second-order valence-corrected chi connectivity index (χ2v) is 4.34. The summed E-state index contributed by atoms with van der Waals surface area (Å²) in [6, 6.07) is 3.33. The summed E-state index contributed by atoms with van der Waals surface area (Å²) in [6.45, 7) is 2.78. The highest BCUT2D eigenvalue weighted by Gasteiger charge is 2.17. The molecule has 0 aliphatic carbocycles. The number of carbonyl (C=O) groups excluding carboxylic acids is 2. The van der Waals surface area contributed by atoms with Crippen molar-refractivity contribution in [3.05, 3.63) is 28.8 Å². The number of anilines is 1. The van der Waals surface area contributed by atoms with Crippen LogP contribution in [0.25, 0.3) is 0 Å². The summed E-state index contributed by atoms with van der Waals surface area (Å²) in [6.07, 6.45) is 0. The van der Waals surface area contributed by atoms with E-state index in [9.17, 15) is 14.4 Å². The first-order valence-corrected chi connectivity index (χ1v) is 5.80. The van der Waals surface area contributed by atoms with E-state index in [-0.39, 0.29) is 22.2 Å². The molecule has 0 aliphatic rings. The van der Waals surface area contributed by atoms with Gasteiger partial charge in [-0.2, -0.15) is 0 Å². The lowest BCUT2D eigenvalue weighted by Gasteiger charge is -2.14. The van der Waals surface area contributed by atoms with Crippen molar-refractivity contribution in [1.82, 2.24) is 5.32 Å². The van der Waals surface area contributed by atoms with E-state index in [2.05, 4.69) is 10.6 Å². The third kappa shape index (κ3) is 4.26. The van der Waals surface area contributed by atoms with E-state index in [1.54, 1.807) is 0 Å². The number of carbonyl (C=O) groups is 3. The van der Waals surface area contributed by atoms with Crippen molar-refractivity contribution >= 4 is 35.1 Å². The van der Waals surface area contributed by atoms with E-state index in [0.29, 0.717) is 0 Å². The van der Waals surface area contributed by atoms with Gasteiger partial charge in [0.2, 0.25) is 11.8 Å². The SMILES string of the molecule is CC(=O)NC(C)C(=O)Nc1ccc(Cl)cc1C(=O)O. The van der Waals surface area contributed by atoms with Gasteiger partial charge in [0.15, 0.2) is 0 Å². The highest BCUT2D eigenvalue weighted by Crippen LogP contribution is 2.20. The molecule has 0 saturated heterocycles. The summed E-state index contributed by atoms with van der Waals surface area (Å²) in [5, 5.41) is 14.1. The van der Waals surface area contributed by atoms with E-state index < -0.39 is 17.9 Å². The van der Waals surface area contributed by atoms with Gasteiger partial charge in [0.1, 0.15) is 6.04 Å². The fourth-order valence-corrected chi connectivity index (χ4v) is 1.59. The van der Waals surface area contributed by atoms with Crippen LogP contribution in [0.4, 0.5) is 5.69 Å². The van der Waals surface area contributed by atoms with Crippen LogP contribution in [0.1, 0.15) is 24.2 Å². The maximum atomic E-state index is 11.8. The van der Waals surface area contributed by atoms with Crippen LogP contribution in [-0.2, 0) is 9.59 Å². The summed E-state index contributed by atoms with van der Waals surface area (Å²) in [7, 11) is 0. The van der Waals surface area contributed by atoms with Crippen LogP contribution in [0.2, 0.25) is 5.02 Å². The molecule has 1 atom stereocenters. The van der Waals surface area contributed by atoms with Crippen molar-refractivity contribution in [2.24, 2.45) is 0 Å². The average molecular weight is 285 g/mol. The second-order valence-electron chi connectivity index (χ2n) is 3.91. The molecule has 102 valence electrons. The Labute approximate surface area is 114 Å². The Kier molecular flexibility index (Phi) is 4.88. The van der Waals surface area contributed by atoms with E-state index >= 15 is 0 Å². The Balaban J connectivity index is 2.90. The summed E-state index contributed by atoms with van der Waals surface area (Å²) in [5.41, 5.74) is 0.00924. The third-order valence-electron chi connectivity index (χ3n) is 2.28. The van der Waals surface area contributed by atoms with Gasteiger partial charge in [-0.05, 0) is 25.1 Å². The van der Waals surface area contributed by atoms with Crippen LogP contribution in [-0.4, -0.2) is 28.9 Å². The topological polar surface area (TPSA) is 95.5 Å². The molecule has 1 rings (SSSR count). The van der Waals surface area contributed by atoms with E-state index in [1.165, 1.54) is 32.0 Å². The smallest absolute Gasteiger partial charge is 0.337 e. The van der Waals surface area contributed by atoms with Gasteiger partial charge < -0.3 is 15.7 Å². The minimum Gasteiger partial charge on any atom is -0.478 e. The molecule has 0 heterocycles. The van der Waals surface area contributed by atoms with E-state index in [0.717, 1.165) is 0 Å². The zero-order valence-electron chi connectivity index (χ0n) is 10.4. The zero-order valence-corrected chi connectivity index (χ0v) is 11.1. The number of hydrogen-bond donors (Lipinski definition) is 3. The molecule has 7 heteroatoms. The van der Waals surface area contributed by atoms with Gasteiger partial charge in [0.25, 0.3) is 0 Å². The predicted octanol–water partition coefficient (Wildman–Crippen LogP) is 1.50. The number of benzene rings is 1. The maximum absolute atomic E-state index is 11.8. The Bertz CT molecular complexity index is 530. The molecule has 3 N–H and O–H groups in total. The predicted molar refractivity (Wildman–Crippen MR) is 70.3 cm³/mol. The molecule has 2 amide bonds. The third-order valence-corrected chi connectivity index (χ3v) is 2.52. The van der Waals surface area contributed by atoms with Crippen LogP contribution in [0.5, 0.6) is 0 Å². The van der Waals surface area contributed by atoms with Crippen molar-refractivity contribution < 1.29 is 19.5 Å². The number of hydrogen-bond acceptors (Lipinski definition) is 3. The molecule has 0 aromatic heterocycles. The molecule has 1 aromatic carbocycles. The van der Waals surface area contributed by atoms with Crippen molar-refractivity contribution in [3.8, 4) is 0 Å². The first-order valence-electron chi connectivity index (χ1n) is 5.42. The Hall–Kier alpha value is -2.08. The number of carboxylic acid groups (broad SMARTS) is 1. The summed E-state index contributed by atoms with van der Waals surface area (Å²) in [5.74, 6) is -2.07. The highest BCUT2D eigenvalue weighted by atomic mass is 35.5. The number of rotatable bonds is 4. The Morgan fingerprint density at radius 3 is 2.47 bits per heavy atom. The fourth-order valence-electron chi connectivity index (χ4n) is 1.41. The number of halogens is 1. The number of carboxylic acids is 1. The molecule has 0 radical (unpaired) electrons. The summed E-state index contributed by atoms with van der Waals surface area (Å²) >= 11 is 5.70. The van der Waals surface area contributed by atoms with Crippen LogP contribution >= 0.6 is 11.6 Å². The number of aromatic carboxylic acids is 1. The molecular formula is C12H13ClN2O4. The van der Waals surface area contributed by atoms with Gasteiger partial charge in [0.05, 0.1) is 11.3 Å². The van der Waals surface area contributed by atoms with Gasteiger partial charge in [-0.15, -0.1) is 0 Å². The van der Waals surface area contributed by atoms with E-state index in [1.807, 2.05) is 0 Å². The van der Waals surface area contributed by atoms with Gasteiger partial charge in [-0.3, -0.25) is 9.59 Å². The second kappa shape index (κ2) is 6.19. The molecule has 0 fully saturated rings. The van der Waals surface area contributed by atoms with Gasteiger partial charge in [-0.25, -0.2) is 4.79 Å². The average Bonchev–Trinajstić information content (AvgIpc) is 2.30. The van der Waals surface area contributed by atoms with E-state index in [4.69, 9.17) is 16.7 Å². The molecular weight excluding hydrogens is 272 g/mol. The molecule has 0 bridgehead atoms. The Morgan fingerprint density at radius 1 is 1.32 bits per heavy atom. The molecule has 19 heavy (non-hydrogen) atoms. The van der Waals surface area contributed by atoms with Crippen molar-refractivity contribution in [1.29, 1.82) is 0 Å². The first-order chi connectivity index (χ1) is 8.81. The molecule has 0 spiro atoms. The minimum atomic E-state index is -1.20. The molecule has 1 unspecified atom stereocenters. The molecule has 0 saturated carbocycles. The van der Waals surface area contributed by atoms with Crippen LogP contribution in [0.15, 0.2) is 18.2 Å². The lowest BCUT2D eigenvalue weighted by atomic mass is 10.1. The minimum absolute atomic E-state index is 0.115. The number of nitrogens with one attached hydrogen (secondary N) is 2. The normalized spacial score (nSPS) is 11.5. The summed E-state index contributed by atoms with van der Waals surface area (Å²) in [4.78, 5) is 33.6. The lowest BCUT2D eigenvalue weighted by Crippen LogP contribution is -2.40. The highest BCUT2D eigenvalue weighted by molar-refractivity contribution is 6.31. The molecule has 1 aromatic rings. The monoisotopic (exact) mass is 284 g/mol. The van der Waals surface area contributed by atoms with Crippen molar-refractivity contribution in [3.63, 3.8) is 0 Å². The first kappa shape index (κ1) is 15.0. The van der Waals surface area contributed by atoms with Crippen molar-refractivity contribution in [2.45, 2.75) is 19.9 Å². The van der Waals surface area contributed by atoms with Gasteiger partial charge >= 0.3 is 5.97 Å². The quantitative estimate of drug-likeness (QED) is 0.781. The maximum Gasteiger partial charge on any atom is 0.337 e. The number of amides is 2. The zero-order chi connectivity index (χ0) is 14.6. The molecule has 0 aliphatic heterocycles. The van der Waals surface area contributed by atoms with Crippen LogP contribution in [0.3, 0.4) is 0 Å². The standard InChI is InChI=1S/C12H13ClN2O4/c1-6(14-7(2)16)11(17)15-10-4-3-8(13)5-9(10)12(18)19/h3-6H,1-2H3,(H,14,16)(H,15,17)(H,18,19).